The van der Waals surface area contributed by atoms with Crippen molar-refractivity contribution in [1.29, 1.82) is 5.41 Å². The minimum absolute atomic E-state index is 0.270. The highest BCUT2D eigenvalue weighted by Gasteiger charge is 2.45. The minimum Gasteiger partial charge on any atom is -0.355 e. The van der Waals surface area contributed by atoms with Crippen LogP contribution in [0.25, 0.3) is 5.57 Å². The molecular formula is C31H31FN4S. The SMILES string of the molecule is C=C(c1ccccn1)C12CC(C=N)=C(Nc3ccc(F)cc3)C=C1CCN(Sc1ccc(C)c(C)c1)C2. The number of allylic oxidation sites excluding steroid dienone is 2. The Morgan fingerprint density at radius 1 is 1.14 bits per heavy atom. The summed E-state index contributed by atoms with van der Waals surface area (Å²) in [6.45, 7) is 10.5. The number of fused-ring (bicyclic) bond motifs is 1. The molecule has 1 aromatic heterocycles. The summed E-state index contributed by atoms with van der Waals surface area (Å²) in [5, 5.41) is 11.7. The second-order valence-corrected chi connectivity index (χ2v) is 11.0. The second kappa shape index (κ2) is 10.5. The largest absolute Gasteiger partial charge is 0.355 e. The van der Waals surface area contributed by atoms with Gasteiger partial charge in [-0.3, -0.25) is 4.98 Å². The van der Waals surface area contributed by atoms with Crippen molar-refractivity contribution in [2.45, 2.75) is 31.6 Å². The molecule has 0 bridgehead atoms. The number of aryl methyl sites for hydroxylation is 2. The topological polar surface area (TPSA) is 52.0 Å². The average molecular weight is 511 g/mol. The first-order chi connectivity index (χ1) is 17.9. The summed E-state index contributed by atoms with van der Waals surface area (Å²) in [5.41, 5.74) is 7.93. The highest BCUT2D eigenvalue weighted by atomic mass is 32.2. The highest BCUT2D eigenvalue weighted by molar-refractivity contribution is 7.97. The molecule has 2 aliphatic rings. The molecule has 1 fully saturated rings. The molecule has 2 aromatic carbocycles. The highest BCUT2D eigenvalue weighted by Crippen LogP contribution is 2.53. The maximum atomic E-state index is 13.5. The van der Waals surface area contributed by atoms with E-state index in [1.54, 1.807) is 24.1 Å². The number of pyridine rings is 1. The molecule has 5 rings (SSSR count). The molecule has 2 N–H and O–H groups in total. The number of anilines is 1. The fourth-order valence-electron chi connectivity index (χ4n) is 5.15. The molecular weight excluding hydrogens is 479 g/mol. The molecule has 37 heavy (non-hydrogen) atoms. The standard InChI is InChI=1S/C31H31FN4S/c1-21-7-12-28(16-22(21)2)37-36-15-13-25-17-30(35-27-10-8-26(32)9-11-27)24(19-33)18-31(25,20-36)23(3)29-6-4-5-14-34-29/h4-12,14,16-17,19,33,35H,3,13,15,18,20H2,1-2H3. The number of benzene rings is 2. The van der Waals surface area contributed by atoms with E-state index in [0.717, 1.165) is 47.7 Å². The zero-order chi connectivity index (χ0) is 26.0. The van der Waals surface area contributed by atoms with Crippen LogP contribution in [0.1, 0.15) is 29.7 Å². The lowest BCUT2D eigenvalue weighted by atomic mass is 9.64. The van der Waals surface area contributed by atoms with E-state index in [1.807, 2.05) is 24.4 Å². The van der Waals surface area contributed by atoms with E-state index in [2.05, 4.69) is 59.3 Å². The molecule has 1 aliphatic heterocycles. The van der Waals surface area contributed by atoms with Gasteiger partial charge < -0.3 is 10.7 Å². The molecule has 0 spiro atoms. The lowest BCUT2D eigenvalue weighted by molar-refractivity contribution is 0.287. The Labute approximate surface area is 222 Å². The van der Waals surface area contributed by atoms with Crippen molar-refractivity contribution in [3.05, 3.63) is 119 Å². The first-order valence-corrected chi connectivity index (χ1v) is 13.2. The number of hydrogen-bond donors (Lipinski definition) is 2. The van der Waals surface area contributed by atoms with Crippen LogP contribution in [0.2, 0.25) is 0 Å². The van der Waals surface area contributed by atoms with Crippen LogP contribution in [0.3, 0.4) is 0 Å². The predicted octanol–water partition coefficient (Wildman–Crippen LogP) is 7.60. The van der Waals surface area contributed by atoms with Crippen LogP contribution in [-0.4, -0.2) is 28.6 Å². The molecule has 4 nitrogen and oxygen atoms in total. The third kappa shape index (κ3) is 5.17. The van der Waals surface area contributed by atoms with E-state index in [4.69, 9.17) is 5.41 Å². The number of nitrogens with one attached hydrogen (secondary N) is 2. The van der Waals surface area contributed by atoms with Crippen molar-refractivity contribution in [3.8, 4) is 0 Å². The van der Waals surface area contributed by atoms with E-state index in [0.29, 0.717) is 6.42 Å². The normalized spacial score (nSPS) is 19.7. The van der Waals surface area contributed by atoms with Gasteiger partial charge in [0.1, 0.15) is 5.82 Å². The number of halogens is 1. The first kappa shape index (κ1) is 25.2. The van der Waals surface area contributed by atoms with Gasteiger partial charge in [0.05, 0.1) is 5.69 Å². The Balaban J connectivity index is 1.50. The Morgan fingerprint density at radius 3 is 2.65 bits per heavy atom. The monoisotopic (exact) mass is 510 g/mol. The Morgan fingerprint density at radius 2 is 1.95 bits per heavy atom. The van der Waals surface area contributed by atoms with Crippen LogP contribution in [0.5, 0.6) is 0 Å². The maximum absolute atomic E-state index is 13.5. The van der Waals surface area contributed by atoms with Crippen LogP contribution in [-0.2, 0) is 0 Å². The van der Waals surface area contributed by atoms with Gasteiger partial charge in [-0.15, -0.1) is 0 Å². The average Bonchev–Trinajstić information content (AvgIpc) is 2.92. The van der Waals surface area contributed by atoms with Gasteiger partial charge in [0.25, 0.3) is 0 Å². The van der Waals surface area contributed by atoms with Crippen molar-refractivity contribution >= 4 is 29.4 Å². The van der Waals surface area contributed by atoms with Gasteiger partial charge in [0, 0.05) is 47.2 Å². The summed E-state index contributed by atoms with van der Waals surface area (Å²) in [6, 6.07) is 18.9. The fourth-order valence-corrected chi connectivity index (χ4v) is 6.27. The Bertz CT molecular complexity index is 1390. The van der Waals surface area contributed by atoms with Gasteiger partial charge in [-0.2, -0.15) is 0 Å². The number of aromatic nitrogens is 1. The summed E-state index contributed by atoms with van der Waals surface area (Å²) in [5.74, 6) is -0.270. The van der Waals surface area contributed by atoms with Gasteiger partial charge in [0.15, 0.2) is 0 Å². The van der Waals surface area contributed by atoms with Crippen molar-refractivity contribution in [1.82, 2.24) is 9.29 Å². The van der Waals surface area contributed by atoms with E-state index in [9.17, 15) is 4.39 Å². The smallest absolute Gasteiger partial charge is 0.123 e. The molecule has 1 aliphatic carbocycles. The second-order valence-electron chi connectivity index (χ2n) is 9.79. The lowest BCUT2D eigenvalue weighted by Gasteiger charge is -2.48. The first-order valence-electron chi connectivity index (χ1n) is 12.5. The summed E-state index contributed by atoms with van der Waals surface area (Å²) >= 11 is 1.79. The number of piperidine rings is 1. The van der Waals surface area contributed by atoms with Crippen molar-refractivity contribution in [3.63, 3.8) is 0 Å². The van der Waals surface area contributed by atoms with Gasteiger partial charge in [-0.25, -0.2) is 8.70 Å². The minimum atomic E-state index is -0.375. The van der Waals surface area contributed by atoms with Gasteiger partial charge >= 0.3 is 0 Å². The van der Waals surface area contributed by atoms with Crippen LogP contribution >= 0.6 is 11.9 Å². The van der Waals surface area contributed by atoms with Crippen molar-refractivity contribution in [2.24, 2.45) is 5.41 Å². The van der Waals surface area contributed by atoms with Crippen molar-refractivity contribution < 1.29 is 4.39 Å². The van der Waals surface area contributed by atoms with Crippen LogP contribution in [0, 0.1) is 30.5 Å². The Kier molecular flexibility index (Phi) is 7.13. The summed E-state index contributed by atoms with van der Waals surface area (Å²) < 4.78 is 15.9. The molecule has 3 aromatic rings. The molecule has 0 saturated carbocycles. The summed E-state index contributed by atoms with van der Waals surface area (Å²) in [7, 11) is 0. The third-order valence-corrected chi connectivity index (χ3v) is 8.44. The Hall–Kier alpha value is -3.48. The number of hydrogen-bond acceptors (Lipinski definition) is 5. The number of nitrogens with zero attached hydrogens (tertiary/aromatic N) is 2. The predicted molar refractivity (Wildman–Crippen MR) is 152 cm³/mol. The quantitative estimate of drug-likeness (QED) is 0.254. The number of rotatable bonds is 7. The molecule has 188 valence electrons. The molecule has 1 atom stereocenters. The molecule has 6 heteroatoms. The van der Waals surface area contributed by atoms with Crippen molar-refractivity contribution in [2.75, 3.05) is 18.4 Å². The summed E-state index contributed by atoms with van der Waals surface area (Å²) in [4.78, 5) is 5.87. The summed E-state index contributed by atoms with van der Waals surface area (Å²) in [6.07, 6.45) is 6.94. The van der Waals surface area contributed by atoms with E-state index in [1.165, 1.54) is 39.9 Å². The third-order valence-electron chi connectivity index (χ3n) is 7.41. The lowest BCUT2D eigenvalue weighted by Crippen LogP contribution is -2.44. The molecule has 1 saturated heterocycles. The fraction of sp³-hybridized carbons (Fsp3) is 0.226. The van der Waals surface area contributed by atoms with E-state index in [-0.39, 0.29) is 11.2 Å². The zero-order valence-electron chi connectivity index (χ0n) is 21.2. The van der Waals surface area contributed by atoms with Crippen LogP contribution in [0.4, 0.5) is 10.1 Å². The maximum Gasteiger partial charge on any atom is 0.123 e. The van der Waals surface area contributed by atoms with Gasteiger partial charge in [-0.05, 0) is 116 Å². The molecule has 1 unspecified atom stereocenters. The molecule has 2 heterocycles. The van der Waals surface area contributed by atoms with Crippen LogP contribution < -0.4 is 5.32 Å². The van der Waals surface area contributed by atoms with Gasteiger partial charge in [0.2, 0.25) is 0 Å². The zero-order valence-corrected chi connectivity index (χ0v) is 22.0. The van der Waals surface area contributed by atoms with E-state index >= 15 is 0 Å². The van der Waals surface area contributed by atoms with Crippen LogP contribution in [0.15, 0.2) is 101 Å². The van der Waals surface area contributed by atoms with E-state index < -0.39 is 0 Å². The van der Waals surface area contributed by atoms with Gasteiger partial charge in [-0.1, -0.05) is 24.3 Å². The molecule has 0 amide bonds. The molecule has 0 radical (unpaired) electrons.